The molecule has 0 aliphatic carbocycles. The fourth-order valence-corrected chi connectivity index (χ4v) is 2.60. The number of nitrogens with zero attached hydrogens (tertiary/aromatic N) is 1. The summed E-state index contributed by atoms with van der Waals surface area (Å²) in [5.41, 5.74) is 2.21. The Morgan fingerprint density at radius 1 is 1.05 bits per heavy atom. The minimum atomic E-state index is -0.363. The largest absolute Gasteiger partial charge is 0.493 e. The molecule has 5 heteroatoms. The van der Waals surface area contributed by atoms with E-state index >= 15 is 0 Å². The van der Waals surface area contributed by atoms with Crippen molar-refractivity contribution in [2.45, 2.75) is 12.7 Å². The van der Waals surface area contributed by atoms with Crippen LogP contribution in [0.25, 0.3) is 0 Å². The molecule has 0 bridgehead atoms. The van der Waals surface area contributed by atoms with Crippen LogP contribution >= 0.6 is 0 Å². The molecule has 1 atom stereocenters. The Labute approximate surface area is 126 Å². The Hall–Kier alpha value is -1.30. The van der Waals surface area contributed by atoms with Crippen molar-refractivity contribution >= 4 is 0 Å². The second-order valence-electron chi connectivity index (χ2n) is 5.98. The maximum atomic E-state index is 5.91. The minimum Gasteiger partial charge on any atom is -0.493 e. The van der Waals surface area contributed by atoms with Gasteiger partial charge in [0, 0.05) is 19.1 Å². The summed E-state index contributed by atoms with van der Waals surface area (Å²) < 4.78 is 23.2. The lowest BCUT2D eigenvalue weighted by Crippen LogP contribution is -2.43. The summed E-state index contributed by atoms with van der Waals surface area (Å²) >= 11 is 0. The van der Waals surface area contributed by atoms with Crippen LogP contribution in [0.15, 0.2) is 12.1 Å². The highest BCUT2D eigenvalue weighted by Gasteiger charge is 2.25. The van der Waals surface area contributed by atoms with Gasteiger partial charge in [-0.2, -0.15) is 0 Å². The normalized spacial score (nSPS) is 21.7. The van der Waals surface area contributed by atoms with Gasteiger partial charge in [-0.15, -0.1) is 0 Å². The molecule has 0 fully saturated rings. The highest BCUT2D eigenvalue weighted by Crippen LogP contribution is 2.35. The third-order valence-electron chi connectivity index (χ3n) is 4.07. The maximum Gasteiger partial charge on any atom is 0.184 e. The van der Waals surface area contributed by atoms with Crippen molar-refractivity contribution < 1.29 is 23.4 Å². The number of benzene rings is 1. The molecule has 1 aliphatic rings. The Morgan fingerprint density at radius 3 is 2.33 bits per heavy atom. The number of hydrogen-bond donors (Lipinski definition) is 0. The zero-order valence-corrected chi connectivity index (χ0v) is 13.6. The van der Waals surface area contributed by atoms with Gasteiger partial charge >= 0.3 is 0 Å². The van der Waals surface area contributed by atoms with Crippen molar-refractivity contribution in [3.63, 3.8) is 0 Å². The first-order valence-corrected chi connectivity index (χ1v) is 7.22. The van der Waals surface area contributed by atoms with E-state index < -0.39 is 0 Å². The van der Waals surface area contributed by atoms with E-state index in [-0.39, 0.29) is 6.29 Å². The van der Waals surface area contributed by atoms with Crippen LogP contribution in [-0.2, 0) is 15.9 Å². The molecule has 0 amide bonds. The first-order chi connectivity index (χ1) is 10.0. The molecule has 1 aliphatic heterocycles. The number of fused-ring (bicyclic) bond motifs is 1. The van der Waals surface area contributed by atoms with E-state index in [0.29, 0.717) is 12.4 Å². The van der Waals surface area contributed by atoms with E-state index in [1.165, 1.54) is 5.56 Å². The number of rotatable bonds is 3. The van der Waals surface area contributed by atoms with Crippen LogP contribution < -0.4 is 9.47 Å². The lowest BCUT2D eigenvalue weighted by atomic mass is 10.0. The van der Waals surface area contributed by atoms with Crippen LogP contribution in [0.2, 0.25) is 0 Å². The molecule has 0 saturated carbocycles. The lowest BCUT2D eigenvalue weighted by Gasteiger charge is -2.29. The number of quaternary nitrogens is 1. The van der Waals surface area contributed by atoms with Gasteiger partial charge in [-0.25, -0.2) is 0 Å². The predicted molar refractivity (Wildman–Crippen MR) is 80.8 cm³/mol. The lowest BCUT2D eigenvalue weighted by molar-refractivity contribution is -0.890. The van der Waals surface area contributed by atoms with Crippen molar-refractivity contribution in [1.29, 1.82) is 0 Å². The molecule has 118 valence electrons. The second kappa shape index (κ2) is 6.64. The van der Waals surface area contributed by atoms with Crippen LogP contribution in [0.1, 0.15) is 17.4 Å². The fourth-order valence-electron chi connectivity index (χ4n) is 2.60. The van der Waals surface area contributed by atoms with Crippen LogP contribution in [0.5, 0.6) is 11.5 Å². The maximum absolute atomic E-state index is 5.91. The van der Waals surface area contributed by atoms with Gasteiger partial charge in [0.2, 0.25) is 0 Å². The van der Waals surface area contributed by atoms with E-state index in [1.807, 2.05) is 12.1 Å². The Balaban J connectivity index is 2.45. The molecule has 1 aromatic rings. The molecule has 21 heavy (non-hydrogen) atoms. The summed E-state index contributed by atoms with van der Waals surface area (Å²) in [4.78, 5) is 0. The van der Waals surface area contributed by atoms with Gasteiger partial charge in [-0.05, 0) is 17.7 Å². The Morgan fingerprint density at radius 2 is 1.71 bits per heavy atom. The molecule has 0 spiro atoms. The summed E-state index contributed by atoms with van der Waals surface area (Å²) in [5.74, 6) is 1.45. The van der Waals surface area contributed by atoms with Crippen LogP contribution in [-0.4, -0.2) is 59.6 Å². The molecule has 0 aromatic heterocycles. The molecule has 0 saturated heterocycles. The number of methoxy groups -OCH3 is 3. The molecule has 1 aromatic carbocycles. The molecular weight excluding hydrogens is 270 g/mol. The SMILES string of the molecule is COc1cc2c(cc1OC)[C@H](OC)OCC[N+](C)(C)CC2. The smallest absolute Gasteiger partial charge is 0.184 e. The number of hydrogen-bond acceptors (Lipinski definition) is 4. The first-order valence-electron chi connectivity index (χ1n) is 7.22. The van der Waals surface area contributed by atoms with Gasteiger partial charge in [0.1, 0.15) is 6.54 Å². The molecule has 0 unspecified atom stereocenters. The van der Waals surface area contributed by atoms with Crippen molar-refractivity contribution in [1.82, 2.24) is 0 Å². The average molecular weight is 296 g/mol. The highest BCUT2D eigenvalue weighted by atomic mass is 16.7. The molecule has 1 heterocycles. The Kier molecular flexibility index (Phi) is 5.08. The van der Waals surface area contributed by atoms with Crippen LogP contribution in [0.3, 0.4) is 0 Å². The molecule has 2 rings (SSSR count). The molecule has 5 nitrogen and oxygen atoms in total. The first kappa shape index (κ1) is 16.1. The number of likely N-dealkylation sites (N-methyl/N-ethyl adjacent to an activating group) is 1. The van der Waals surface area contributed by atoms with Crippen molar-refractivity contribution in [2.24, 2.45) is 0 Å². The third kappa shape index (κ3) is 3.67. The van der Waals surface area contributed by atoms with Crippen LogP contribution in [0.4, 0.5) is 0 Å². The summed E-state index contributed by atoms with van der Waals surface area (Å²) in [7, 11) is 9.41. The van der Waals surface area contributed by atoms with Crippen molar-refractivity contribution in [2.75, 3.05) is 55.1 Å². The van der Waals surface area contributed by atoms with Crippen LogP contribution in [0, 0.1) is 0 Å². The van der Waals surface area contributed by atoms with Gasteiger partial charge in [-0.1, -0.05) is 0 Å². The van der Waals surface area contributed by atoms with E-state index in [0.717, 1.165) is 35.3 Å². The molecule has 0 N–H and O–H groups in total. The zero-order valence-electron chi connectivity index (χ0n) is 13.6. The van der Waals surface area contributed by atoms with Gasteiger partial charge in [0.05, 0.1) is 41.5 Å². The van der Waals surface area contributed by atoms with Crippen molar-refractivity contribution in [3.05, 3.63) is 23.3 Å². The number of ether oxygens (including phenoxy) is 4. The summed E-state index contributed by atoms with van der Waals surface area (Å²) in [6.07, 6.45) is 0.587. The van der Waals surface area contributed by atoms with E-state index in [1.54, 1.807) is 21.3 Å². The topological polar surface area (TPSA) is 36.9 Å². The Bertz CT molecular complexity index is 487. The third-order valence-corrected chi connectivity index (χ3v) is 4.07. The monoisotopic (exact) mass is 296 g/mol. The van der Waals surface area contributed by atoms with Gasteiger partial charge < -0.3 is 23.4 Å². The van der Waals surface area contributed by atoms with E-state index in [4.69, 9.17) is 18.9 Å². The predicted octanol–water partition coefficient (Wildman–Crippen LogP) is 2.00. The van der Waals surface area contributed by atoms with Gasteiger partial charge in [0.25, 0.3) is 0 Å². The summed E-state index contributed by atoms with van der Waals surface area (Å²) in [6.45, 7) is 2.67. The van der Waals surface area contributed by atoms with Gasteiger partial charge in [-0.3, -0.25) is 0 Å². The van der Waals surface area contributed by atoms with E-state index in [9.17, 15) is 0 Å². The standard InChI is InChI=1S/C16H26NO4/c1-17(2)7-6-12-10-14(18-3)15(19-4)11-13(12)16(20-5)21-9-8-17/h10-11,16H,6-9H2,1-5H3/q+1/t16-/m1/s1. The molecule has 0 radical (unpaired) electrons. The van der Waals surface area contributed by atoms with Crippen molar-refractivity contribution in [3.8, 4) is 11.5 Å². The highest BCUT2D eigenvalue weighted by molar-refractivity contribution is 5.48. The fraction of sp³-hybridized carbons (Fsp3) is 0.625. The van der Waals surface area contributed by atoms with E-state index in [2.05, 4.69) is 14.1 Å². The second-order valence-corrected chi connectivity index (χ2v) is 5.98. The zero-order chi connectivity index (χ0) is 15.5. The minimum absolute atomic E-state index is 0.363. The summed E-state index contributed by atoms with van der Waals surface area (Å²) in [5, 5.41) is 0. The van der Waals surface area contributed by atoms with Gasteiger partial charge in [0.15, 0.2) is 17.8 Å². The average Bonchev–Trinajstić information content (AvgIpc) is 2.54. The molecular formula is C16H26NO4+. The summed E-state index contributed by atoms with van der Waals surface area (Å²) in [6, 6.07) is 4.00. The quantitative estimate of drug-likeness (QED) is 0.800.